The van der Waals surface area contributed by atoms with Gasteiger partial charge in [-0.1, -0.05) is 0 Å². The van der Waals surface area contributed by atoms with Crippen molar-refractivity contribution in [2.75, 3.05) is 6.54 Å². The molecule has 1 aromatic heterocycles. The quantitative estimate of drug-likeness (QED) is 0.197. The Morgan fingerprint density at radius 1 is 1.18 bits per heavy atom. The van der Waals surface area contributed by atoms with E-state index in [1.165, 1.54) is 19.4 Å². The van der Waals surface area contributed by atoms with Crippen molar-refractivity contribution in [1.82, 2.24) is 25.9 Å². The van der Waals surface area contributed by atoms with Crippen molar-refractivity contribution in [3.8, 4) is 0 Å². The van der Waals surface area contributed by atoms with Crippen LogP contribution in [0.3, 0.4) is 0 Å². The lowest BCUT2D eigenvalue weighted by molar-refractivity contribution is -0.138. The monoisotopic (exact) mass is 397 g/mol. The third-order valence-corrected chi connectivity index (χ3v) is 3.54. The normalized spacial score (nSPS) is 13.6. The fourth-order valence-electron chi connectivity index (χ4n) is 2.11. The van der Waals surface area contributed by atoms with Crippen LogP contribution >= 0.6 is 0 Å². The van der Waals surface area contributed by atoms with Gasteiger partial charge in [0.1, 0.15) is 18.6 Å². The number of H-pyrrole nitrogens is 1. The molecule has 1 heterocycles. The molecule has 13 heteroatoms. The highest BCUT2D eigenvalue weighted by molar-refractivity contribution is 5.94. The highest BCUT2D eigenvalue weighted by Crippen LogP contribution is 2.01. The zero-order valence-electron chi connectivity index (χ0n) is 15.1. The standard InChI is InChI=1S/C15H23N7O6/c1-7(13(26)19-5-12(24)25)21-15(28)10(2-8-4-18-6-20-8)22-14(27)9(16)3-11(17)23/h4,6-7,9-10H,2-3,5,16H2,1H3,(H2,17,23)(H,18,20)(H,19,26)(H,21,28)(H,22,27)(H,24,25). The number of carboxylic acids is 1. The first-order chi connectivity index (χ1) is 13.1. The lowest BCUT2D eigenvalue weighted by atomic mass is 10.1. The molecule has 0 radical (unpaired) electrons. The largest absolute Gasteiger partial charge is 0.480 e. The van der Waals surface area contributed by atoms with Gasteiger partial charge in [0.2, 0.25) is 23.6 Å². The molecule has 3 unspecified atom stereocenters. The van der Waals surface area contributed by atoms with Crippen LogP contribution in [0.15, 0.2) is 12.5 Å². The summed E-state index contributed by atoms with van der Waals surface area (Å²) < 4.78 is 0. The molecule has 3 atom stereocenters. The van der Waals surface area contributed by atoms with E-state index in [0.29, 0.717) is 5.69 Å². The number of nitrogens with two attached hydrogens (primary N) is 2. The predicted molar refractivity (Wildman–Crippen MR) is 94.3 cm³/mol. The van der Waals surface area contributed by atoms with E-state index >= 15 is 0 Å². The van der Waals surface area contributed by atoms with Gasteiger partial charge in [0.15, 0.2) is 0 Å². The molecule has 1 rings (SSSR count). The number of hydrogen-bond donors (Lipinski definition) is 7. The van der Waals surface area contributed by atoms with Crippen molar-refractivity contribution in [2.24, 2.45) is 11.5 Å². The Bertz CT molecular complexity index is 720. The molecule has 154 valence electrons. The Morgan fingerprint density at radius 2 is 1.86 bits per heavy atom. The predicted octanol–water partition coefficient (Wildman–Crippen LogP) is -3.65. The third kappa shape index (κ3) is 7.82. The van der Waals surface area contributed by atoms with Crippen molar-refractivity contribution in [3.63, 3.8) is 0 Å². The van der Waals surface area contributed by atoms with Crippen LogP contribution < -0.4 is 27.4 Å². The lowest BCUT2D eigenvalue weighted by Crippen LogP contribution is -2.56. The van der Waals surface area contributed by atoms with E-state index in [2.05, 4.69) is 25.9 Å². The molecule has 28 heavy (non-hydrogen) atoms. The third-order valence-electron chi connectivity index (χ3n) is 3.54. The SMILES string of the molecule is CC(NC(=O)C(Cc1cnc[nH]1)NC(=O)C(N)CC(N)=O)C(=O)NCC(=O)O. The number of imidazole rings is 1. The van der Waals surface area contributed by atoms with E-state index in [9.17, 15) is 24.0 Å². The van der Waals surface area contributed by atoms with E-state index in [4.69, 9.17) is 16.6 Å². The summed E-state index contributed by atoms with van der Waals surface area (Å²) in [6, 6.07) is -3.44. The molecule has 0 aliphatic rings. The molecule has 0 saturated carbocycles. The minimum atomic E-state index is -1.24. The second-order valence-corrected chi connectivity index (χ2v) is 5.96. The van der Waals surface area contributed by atoms with E-state index in [1.807, 2.05) is 0 Å². The average molecular weight is 397 g/mol. The summed E-state index contributed by atoms with van der Waals surface area (Å²) in [6.07, 6.45) is 2.42. The van der Waals surface area contributed by atoms with E-state index in [-0.39, 0.29) is 6.42 Å². The van der Waals surface area contributed by atoms with Crippen LogP contribution in [-0.2, 0) is 30.4 Å². The average Bonchev–Trinajstić information content (AvgIpc) is 3.11. The number of aromatic amines is 1. The van der Waals surface area contributed by atoms with Crippen molar-refractivity contribution < 1.29 is 29.1 Å². The summed E-state index contributed by atoms with van der Waals surface area (Å²) in [7, 11) is 0. The van der Waals surface area contributed by atoms with Crippen molar-refractivity contribution >= 4 is 29.6 Å². The fraction of sp³-hybridized carbons (Fsp3) is 0.467. The maximum Gasteiger partial charge on any atom is 0.322 e. The molecule has 1 aromatic rings. The first kappa shape index (κ1) is 22.6. The lowest BCUT2D eigenvalue weighted by Gasteiger charge is -2.22. The zero-order valence-corrected chi connectivity index (χ0v) is 15.1. The van der Waals surface area contributed by atoms with Crippen molar-refractivity contribution in [1.29, 1.82) is 0 Å². The molecule has 13 nitrogen and oxygen atoms in total. The molecule has 0 aliphatic heterocycles. The molecule has 0 fully saturated rings. The van der Waals surface area contributed by atoms with Crippen molar-refractivity contribution in [2.45, 2.75) is 37.9 Å². The molecular formula is C15H23N7O6. The summed E-state index contributed by atoms with van der Waals surface area (Å²) in [4.78, 5) is 64.4. The molecule has 4 amide bonds. The Balaban J connectivity index is 2.78. The Hall–Kier alpha value is -3.48. The number of carboxylic acid groups (broad SMARTS) is 1. The molecule has 0 bridgehead atoms. The summed E-state index contributed by atoms with van der Waals surface area (Å²) in [5.74, 6) is -4.22. The highest BCUT2D eigenvalue weighted by atomic mass is 16.4. The maximum absolute atomic E-state index is 12.5. The minimum absolute atomic E-state index is 0.00430. The number of aliphatic carboxylic acids is 1. The molecule has 0 aromatic carbocycles. The van der Waals surface area contributed by atoms with Crippen LogP contribution in [0.2, 0.25) is 0 Å². The van der Waals surface area contributed by atoms with Gasteiger partial charge in [0.25, 0.3) is 0 Å². The van der Waals surface area contributed by atoms with Gasteiger partial charge in [-0.05, 0) is 6.92 Å². The number of nitrogens with one attached hydrogen (secondary N) is 4. The first-order valence-electron chi connectivity index (χ1n) is 8.21. The summed E-state index contributed by atoms with van der Waals surface area (Å²) in [5.41, 5.74) is 11.1. The van der Waals surface area contributed by atoms with Gasteiger partial charge in [-0.2, -0.15) is 0 Å². The number of primary amides is 1. The first-order valence-corrected chi connectivity index (χ1v) is 8.21. The molecule has 0 saturated heterocycles. The van der Waals surface area contributed by atoms with Crippen LogP contribution in [-0.4, -0.2) is 69.3 Å². The molecule has 0 spiro atoms. The van der Waals surface area contributed by atoms with E-state index < -0.39 is 60.7 Å². The van der Waals surface area contributed by atoms with Gasteiger partial charge < -0.3 is 37.5 Å². The number of amides is 4. The Labute approximate surface area is 159 Å². The van der Waals surface area contributed by atoms with Gasteiger partial charge in [-0.15, -0.1) is 0 Å². The van der Waals surface area contributed by atoms with Crippen LogP contribution in [0, 0.1) is 0 Å². The van der Waals surface area contributed by atoms with E-state index in [1.54, 1.807) is 0 Å². The smallest absolute Gasteiger partial charge is 0.322 e. The summed E-state index contributed by atoms with van der Waals surface area (Å²) >= 11 is 0. The number of rotatable bonds is 11. The summed E-state index contributed by atoms with van der Waals surface area (Å²) in [6.45, 7) is 0.748. The topological polar surface area (TPSA) is 222 Å². The van der Waals surface area contributed by atoms with Crippen LogP contribution in [0.25, 0.3) is 0 Å². The van der Waals surface area contributed by atoms with Gasteiger partial charge in [-0.3, -0.25) is 24.0 Å². The van der Waals surface area contributed by atoms with Crippen molar-refractivity contribution in [3.05, 3.63) is 18.2 Å². The second kappa shape index (κ2) is 10.6. The Kier molecular flexibility index (Phi) is 8.55. The minimum Gasteiger partial charge on any atom is -0.480 e. The van der Waals surface area contributed by atoms with Gasteiger partial charge in [-0.25, -0.2) is 4.98 Å². The zero-order chi connectivity index (χ0) is 21.3. The van der Waals surface area contributed by atoms with E-state index in [0.717, 1.165) is 0 Å². The van der Waals surface area contributed by atoms with Gasteiger partial charge in [0, 0.05) is 18.3 Å². The second-order valence-electron chi connectivity index (χ2n) is 5.96. The summed E-state index contributed by atoms with van der Waals surface area (Å²) in [5, 5.41) is 15.5. The van der Waals surface area contributed by atoms with Crippen LogP contribution in [0.4, 0.5) is 0 Å². The highest BCUT2D eigenvalue weighted by Gasteiger charge is 2.27. The number of carbonyl (C=O) groups excluding carboxylic acids is 4. The Morgan fingerprint density at radius 3 is 2.39 bits per heavy atom. The molecular weight excluding hydrogens is 374 g/mol. The van der Waals surface area contributed by atoms with Crippen LogP contribution in [0.5, 0.6) is 0 Å². The van der Waals surface area contributed by atoms with Gasteiger partial charge >= 0.3 is 5.97 Å². The fourth-order valence-corrected chi connectivity index (χ4v) is 2.11. The number of nitrogens with zero attached hydrogens (tertiary/aromatic N) is 1. The number of aromatic nitrogens is 2. The maximum atomic E-state index is 12.5. The molecule has 9 N–H and O–H groups in total. The van der Waals surface area contributed by atoms with Gasteiger partial charge in [0.05, 0.1) is 18.8 Å². The molecule has 0 aliphatic carbocycles. The number of hydrogen-bond acceptors (Lipinski definition) is 7. The van der Waals surface area contributed by atoms with Crippen LogP contribution in [0.1, 0.15) is 19.0 Å². The number of carbonyl (C=O) groups is 5.